The van der Waals surface area contributed by atoms with Gasteiger partial charge in [-0.05, 0) is 30.7 Å². The largest absolute Gasteiger partial charge is 0.461 e. The van der Waals surface area contributed by atoms with Crippen LogP contribution in [0.1, 0.15) is 28.5 Å². The maximum Gasteiger partial charge on any atom is 0.355 e. The van der Waals surface area contributed by atoms with E-state index in [1.54, 1.807) is 31.2 Å². The number of hydrogen-bond acceptors (Lipinski definition) is 3. The fourth-order valence-electron chi connectivity index (χ4n) is 2.73. The highest BCUT2D eigenvalue weighted by Crippen LogP contribution is 2.27. The minimum Gasteiger partial charge on any atom is -0.461 e. The second-order valence-electron chi connectivity index (χ2n) is 5.86. The van der Waals surface area contributed by atoms with E-state index in [0.717, 1.165) is 10.9 Å². The summed E-state index contributed by atoms with van der Waals surface area (Å²) in [7, 11) is 0. The van der Waals surface area contributed by atoms with Gasteiger partial charge in [0.1, 0.15) is 5.69 Å². The number of carbonyl (C=O) groups excluding carboxylic acids is 2. The van der Waals surface area contributed by atoms with Crippen LogP contribution in [0.5, 0.6) is 0 Å². The van der Waals surface area contributed by atoms with E-state index in [4.69, 9.17) is 16.3 Å². The zero-order chi connectivity index (χ0) is 19.2. The summed E-state index contributed by atoms with van der Waals surface area (Å²) < 4.78 is 5.10. The number of rotatable bonds is 6. The smallest absolute Gasteiger partial charge is 0.355 e. The Morgan fingerprint density at radius 3 is 2.70 bits per heavy atom. The Morgan fingerprint density at radius 2 is 1.96 bits per heavy atom. The lowest BCUT2D eigenvalue weighted by atomic mass is 10.1. The number of aromatic nitrogens is 1. The predicted octanol–water partition coefficient (Wildman–Crippen LogP) is 4.33. The highest BCUT2D eigenvalue weighted by Gasteiger charge is 2.17. The van der Waals surface area contributed by atoms with Crippen molar-refractivity contribution in [3.05, 3.63) is 76.5 Å². The van der Waals surface area contributed by atoms with Gasteiger partial charge in [0, 0.05) is 34.1 Å². The van der Waals surface area contributed by atoms with Crippen LogP contribution in [0.15, 0.2) is 54.6 Å². The summed E-state index contributed by atoms with van der Waals surface area (Å²) in [5.74, 6) is -0.730. The summed E-state index contributed by atoms with van der Waals surface area (Å²) in [5.41, 5.74) is 2.60. The van der Waals surface area contributed by atoms with E-state index in [2.05, 4.69) is 10.3 Å². The Balaban J connectivity index is 1.83. The molecule has 0 spiro atoms. The number of fused-ring (bicyclic) bond motifs is 1. The Bertz CT molecular complexity index is 993. The number of halogens is 1. The molecule has 2 N–H and O–H groups in total. The normalized spacial score (nSPS) is 11.0. The number of benzene rings is 2. The van der Waals surface area contributed by atoms with Crippen molar-refractivity contribution in [2.24, 2.45) is 0 Å². The van der Waals surface area contributed by atoms with Crippen molar-refractivity contribution in [1.29, 1.82) is 0 Å². The summed E-state index contributed by atoms with van der Waals surface area (Å²) in [4.78, 5) is 27.4. The fraction of sp³-hybridized carbons (Fsp3) is 0.143. The third-order valence-corrected chi connectivity index (χ3v) is 4.23. The zero-order valence-electron chi connectivity index (χ0n) is 14.8. The van der Waals surface area contributed by atoms with Crippen LogP contribution in [-0.2, 0) is 16.1 Å². The number of carbonyl (C=O) groups is 2. The molecule has 0 aliphatic heterocycles. The molecule has 0 saturated carbocycles. The Morgan fingerprint density at radius 1 is 1.19 bits per heavy atom. The van der Waals surface area contributed by atoms with Gasteiger partial charge in [-0.25, -0.2) is 4.79 Å². The molecule has 5 nitrogen and oxygen atoms in total. The second kappa shape index (κ2) is 8.56. The van der Waals surface area contributed by atoms with Crippen LogP contribution in [0.3, 0.4) is 0 Å². The van der Waals surface area contributed by atoms with Crippen molar-refractivity contribution in [3.63, 3.8) is 0 Å². The van der Waals surface area contributed by atoms with E-state index in [1.165, 1.54) is 6.08 Å². The molecule has 0 radical (unpaired) electrons. The van der Waals surface area contributed by atoms with Gasteiger partial charge in [-0.2, -0.15) is 0 Å². The summed E-state index contributed by atoms with van der Waals surface area (Å²) >= 11 is 6.03. The molecule has 1 heterocycles. The maximum absolute atomic E-state index is 12.3. The molecule has 0 saturated heterocycles. The van der Waals surface area contributed by atoms with Crippen molar-refractivity contribution in [3.8, 4) is 0 Å². The van der Waals surface area contributed by atoms with Gasteiger partial charge in [-0.1, -0.05) is 48.0 Å². The van der Waals surface area contributed by atoms with Crippen molar-refractivity contribution < 1.29 is 14.3 Å². The average Bonchev–Trinajstić information content (AvgIpc) is 3.03. The summed E-state index contributed by atoms with van der Waals surface area (Å²) in [6.45, 7) is 2.43. The topological polar surface area (TPSA) is 71.2 Å². The molecule has 0 bridgehead atoms. The first kappa shape index (κ1) is 18.7. The second-order valence-corrected chi connectivity index (χ2v) is 6.30. The third kappa shape index (κ3) is 4.57. The molecule has 0 unspecified atom stereocenters. The van der Waals surface area contributed by atoms with Gasteiger partial charge in [0.25, 0.3) is 0 Å². The van der Waals surface area contributed by atoms with Crippen LogP contribution in [0.2, 0.25) is 5.02 Å². The van der Waals surface area contributed by atoms with E-state index < -0.39 is 5.97 Å². The Hall–Kier alpha value is -3.05. The van der Waals surface area contributed by atoms with Gasteiger partial charge in [0.05, 0.1) is 6.61 Å². The van der Waals surface area contributed by atoms with Gasteiger partial charge < -0.3 is 15.0 Å². The molecule has 1 aromatic heterocycles. The monoisotopic (exact) mass is 382 g/mol. The minimum absolute atomic E-state index is 0.253. The molecular weight excluding hydrogens is 364 g/mol. The number of ether oxygens (including phenoxy) is 1. The standard InChI is InChI=1S/C21H19ClN2O3/c1-2-27-21(26)20-17(16-9-8-15(22)12-18(16)24-20)10-11-19(25)23-13-14-6-4-3-5-7-14/h3-12,24H,2,13H2,1H3,(H,23,25)/b11-10+. The van der Waals surface area contributed by atoms with Crippen LogP contribution in [0.4, 0.5) is 0 Å². The lowest BCUT2D eigenvalue weighted by molar-refractivity contribution is -0.116. The molecule has 138 valence electrons. The number of hydrogen-bond donors (Lipinski definition) is 2. The van der Waals surface area contributed by atoms with Crippen molar-refractivity contribution in [2.75, 3.05) is 6.61 Å². The number of esters is 1. The van der Waals surface area contributed by atoms with Gasteiger partial charge in [0.15, 0.2) is 0 Å². The summed E-state index contributed by atoms with van der Waals surface area (Å²) in [5, 5.41) is 4.16. The predicted molar refractivity (Wildman–Crippen MR) is 107 cm³/mol. The van der Waals surface area contributed by atoms with Crippen molar-refractivity contribution >= 4 is 40.5 Å². The fourth-order valence-corrected chi connectivity index (χ4v) is 2.90. The molecule has 3 aromatic rings. The molecule has 27 heavy (non-hydrogen) atoms. The van der Waals surface area contributed by atoms with E-state index in [9.17, 15) is 9.59 Å². The average molecular weight is 383 g/mol. The third-order valence-electron chi connectivity index (χ3n) is 3.99. The van der Waals surface area contributed by atoms with Gasteiger partial charge >= 0.3 is 5.97 Å². The van der Waals surface area contributed by atoms with E-state index in [1.807, 2.05) is 30.3 Å². The molecular formula is C21H19ClN2O3. The van der Waals surface area contributed by atoms with Crippen LogP contribution < -0.4 is 5.32 Å². The lowest BCUT2D eigenvalue weighted by Gasteiger charge is -2.03. The number of H-pyrrole nitrogens is 1. The van der Waals surface area contributed by atoms with E-state index in [-0.39, 0.29) is 12.5 Å². The van der Waals surface area contributed by atoms with Gasteiger partial charge in [0.2, 0.25) is 5.91 Å². The van der Waals surface area contributed by atoms with Crippen LogP contribution in [-0.4, -0.2) is 23.5 Å². The van der Waals surface area contributed by atoms with Gasteiger partial charge in [-0.15, -0.1) is 0 Å². The summed E-state index contributed by atoms with van der Waals surface area (Å²) in [6.07, 6.45) is 3.02. The first-order chi connectivity index (χ1) is 13.1. The summed E-state index contributed by atoms with van der Waals surface area (Å²) in [6, 6.07) is 14.9. The first-order valence-electron chi connectivity index (χ1n) is 8.56. The van der Waals surface area contributed by atoms with E-state index in [0.29, 0.717) is 28.3 Å². The van der Waals surface area contributed by atoms with E-state index >= 15 is 0 Å². The molecule has 0 aliphatic carbocycles. The lowest BCUT2D eigenvalue weighted by Crippen LogP contribution is -2.20. The minimum atomic E-state index is -0.478. The highest BCUT2D eigenvalue weighted by molar-refractivity contribution is 6.31. The SMILES string of the molecule is CCOC(=O)c1[nH]c2cc(Cl)ccc2c1/C=C/C(=O)NCc1ccccc1. The molecule has 2 aromatic carbocycles. The van der Waals surface area contributed by atoms with Crippen LogP contribution >= 0.6 is 11.6 Å². The quantitative estimate of drug-likeness (QED) is 0.492. The number of nitrogens with one attached hydrogen (secondary N) is 2. The molecule has 0 atom stereocenters. The van der Waals surface area contributed by atoms with Crippen LogP contribution in [0.25, 0.3) is 17.0 Å². The van der Waals surface area contributed by atoms with Gasteiger partial charge in [-0.3, -0.25) is 4.79 Å². The maximum atomic E-state index is 12.3. The molecule has 6 heteroatoms. The first-order valence-corrected chi connectivity index (χ1v) is 8.94. The Labute approximate surface area is 162 Å². The zero-order valence-corrected chi connectivity index (χ0v) is 15.5. The molecule has 0 fully saturated rings. The molecule has 0 aliphatic rings. The van der Waals surface area contributed by atoms with Crippen molar-refractivity contribution in [2.45, 2.75) is 13.5 Å². The highest BCUT2D eigenvalue weighted by atomic mass is 35.5. The number of aromatic amines is 1. The molecule has 3 rings (SSSR count). The number of amides is 1. The Kier molecular flexibility index (Phi) is 5.94. The van der Waals surface area contributed by atoms with Crippen LogP contribution in [0, 0.1) is 0 Å². The van der Waals surface area contributed by atoms with Crippen molar-refractivity contribution in [1.82, 2.24) is 10.3 Å². The molecule has 1 amide bonds.